The minimum atomic E-state index is -0.127. The number of halogens is 1. The molecule has 2 aliphatic rings. The number of carbonyl (C=O) groups excluding carboxylic acids is 1. The van der Waals surface area contributed by atoms with Crippen LogP contribution in [0.3, 0.4) is 0 Å². The van der Waals surface area contributed by atoms with E-state index < -0.39 is 0 Å². The van der Waals surface area contributed by atoms with E-state index in [1.807, 2.05) is 30.3 Å². The molecule has 29 heavy (non-hydrogen) atoms. The average molecular weight is 421 g/mol. The van der Waals surface area contributed by atoms with Gasteiger partial charge in [0.1, 0.15) is 5.56 Å². The van der Waals surface area contributed by atoms with Crippen molar-refractivity contribution in [1.82, 2.24) is 15.8 Å². The second-order valence-corrected chi connectivity index (χ2v) is 7.37. The Morgan fingerprint density at radius 3 is 2.72 bits per heavy atom. The molecule has 1 atom stereocenters. The molecule has 7 nitrogen and oxygen atoms in total. The van der Waals surface area contributed by atoms with Crippen LogP contribution in [0.25, 0.3) is 11.3 Å². The van der Waals surface area contributed by atoms with E-state index in [1.54, 1.807) is 0 Å². The molecule has 1 aromatic carbocycles. The number of amides is 1. The Bertz CT molecular complexity index is 771. The van der Waals surface area contributed by atoms with Crippen molar-refractivity contribution < 1.29 is 14.1 Å². The zero-order valence-electron chi connectivity index (χ0n) is 16.6. The lowest BCUT2D eigenvalue weighted by Crippen LogP contribution is -2.39. The number of hydrogen-bond acceptors (Lipinski definition) is 6. The van der Waals surface area contributed by atoms with Crippen molar-refractivity contribution in [1.29, 1.82) is 0 Å². The summed E-state index contributed by atoms with van der Waals surface area (Å²) in [4.78, 5) is 15.2. The molecule has 1 unspecified atom stereocenters. The normalized spacial score (nSPS) is 19.4. The molecule has 2 N–H and O–H groups in total. The maximum atomic E-state index is 13.1. The largest absolute Gasteiger partial charge is 0.378 e. The van der Waals surface area contributed by atoms with Crippen LogP contribution in [-0.2, 0) is 4.74 Å². The zero-order chi connectivity index (χ0) is 19.2. The van der Waals surface area contributed by atoms with Gasteiger partial charge in [-0.05, 0) is 25.8 Å². The minimum Gasteiger partial charge on any atom is -0.378 e. The first-order chi connectivity index (χ1) is 13.8. The number of ether oxygens (including phenoxy) is 1. The fourth-order valence-electron chi connectivity index (χ4n) is 3.88. The Labute approximate surface area is 177 Å². The summed E-state index contributed by atoms with van der Waals surface area (Å²) in [6, 6.07) is 10.2. The number of anilines is 1. The molecule has 2 aliphatic heterocycles. The second kappa shape index (κ2) is 10.6. The molecule has 158 valence electrons. The van der Waals surface area contributed by atoms with Gasteiger partial charge in [-0.2, -0.15) is 0 Å². The lowest BCUT2D eigenvalue weighted by atomic mass is 10.0. The van der Waals surface area contributed by atoms with Gasteiger partial charge in [0.05, 0.1) is 13.2 Å². The number of nitrogens with zero attached hydrogens (tertiary/aromatic N) is 2. The van der Waals surface area contributed by atoms with E-state index in [0.29, 0.717) is 56.0 Å². The van der Waals surface area contributed by atoms with Crippen molar-refractivity contribution in [2.24, 2.45) is 0 Å². The molecule has 4 rings (SSSR count). The van der Waals surface area contributed by atoms with Gasteiger partial charge < -0.3 is 24.8 Å². The molecule has 8 heteroatoms. The number of carbonyl (C=O) groups is 1. The third-order valence-electron chi connectivity index (χ3n) is 5.44. The van der Waals surface area contributed by atoms with Gasteiger partial charge in [0.25, 0.3) is 5.91 Å². The Hall–Kier alpha value is -2.09. The second-order valence-electron chi connectivity index (χ2n) is 7.37. The van der Waals surface area contributed by atoms with E-state index in [-0.39, 0.29) is 18.3 Å². The first-order valence-corrected chi connectivity index (χ1v) is 10.2. The Morgan fingerprint density at radius 1 is 1.21 bits per heavy atom. The standard InChI is InChI=1S/C21H28N4O3.ClH/c26-21(23-11-9-17-8-4-5-10-22-17)18-19(16-6-2-1-3-7-16)28-24-20(18)25-12-14-27-15-13-25;/h1-3,6-7,17,22H,4-5,8-15H2,(H,23,26);1H. The van der Waals surface area contributed by atoms with Crippen LogP contribution in [0.15, 0.2) is 34.9 Å². The summed E-state index contributed by atoms with van der Waals surface area (Å²) in [5.41, 5.74) is 1.37. The summed E-state index contributed by atoms with van der Waals surface area (Å²) in [5, 5.41) is 10.9. The molecule has 3 heterocycles. The van der Waals surface area contributed by atoms with E-state index in [1.165, 1.54) is 19.3 Å². The highest BCUT2D eigenvalue weighted by molar-refractivity contribution is 6.04. The fourth-order valence-corrected chi connectivity index (χ4v) is 3.88. The number of morpholine rings is 1. The summed E-state index contributed by atoms with van der Waals surface area (Å²) in [6.45, 7) is 4.37. The number of rotatable bonds is 6. The van der Waals surface area contributed by atoms with Gasteiger partial charge in [-0.25, -0.2) is 0 Å². The molecule has 2 fully saturated rings. The quantitative estimate of drug-likeness (QED) is 0.748. The van der Waals surface area contributed by atoms with Gasteiger partial charge in [0, 0.05) is 31.2 Å². The molecule has 0 radical (unpaired) electrons. The highest BCUT2D eigenvalue weighted by Gasteiger charge is 2.28. The van der Waals surface area contributed by atoms with Gasteiger partial charge in [0.15, 0.2) is 11.6 Å². The number of aromatic nitrogens is 1. The van der Waals surface area contributed by atoms with Gasteiger partial charge in [-0.1, -0.05) is 41.9 Å². The van der Waals surface area contributed by atoms with Gasteiger partial charge >= 0.3 is 0 Å². The summed E-state index contributed by atoms with van der Waals surface area (Å²) < 4.78 is 11.1. The Kier molecular flexibility index (Phi) is 7.91. The van der Waals surface area contributed by atoms with Crippen molar-refractivity contribution in [2.45, 2.75) is 31.7 Å². The van der Waals surface area contributed by atoms with Gasteiger partial charge in [0.2, 0.25) is 0 Å². The summed E-state index contributed by atoms with van der Waals surface area (Å²) in [6.07, 6.45) is 4.62. The van der Waals surface area contributed by atoms with Crippen molar-refractivity contribution in [3.8, 4) is 11.3 Å². The smallest absolute Gasteiger partial charge is 0.259 e. The van der Waals surface area contributed by atoms with E-state index in [2.05, 4.69) is 20.7 Å². The van der Waals surface area contributed by atoms with Crippen LogP contribution in [0.4, 0.5) is 5.82 Å². The Morgan fingerprint density at radius 2 is 2.00 bits per heavy atom. The first kappa shape index (κ1) is 21.6. The Balaban J connectivity index is 0.00000240. The molecule has 0 spiro atoms. The van der Waals surface area contributed by atoms with Crippen LogP contribution in [0.2, 0.25) is 0 Å². The van der Waals surface area contributed by atoms with Crippen LogP contribution in [0, 0.1) is 0 Å². The predicted octanol–water partition coefficient (Wildman–Crippen LogP) is 2.86. The minimum absolute atomic E-state index is 0. The summed E-state index contributed by atoms with van der Waals surface area (Å²) in [7, 11) is 0. The van der Waals surface area contributed by atoms with Crippen molar-refractivity contribution in [2.75, 3.05) is 44.3 Å². The first-order valence-electron chi connectivity index (χ1n) is 10.2. The van der Waals surface area contributed by atoms with Crippen LogP contribution in [0.5, 0.6) is 0 Å². The van der Waals surface area contributed by atoms with E-state index in [0.717, 1.165) is 18.5 Å². The van der Waals surface area contributed by atoms with Crippen molar-refractivity contribution >= 4 is 24.1 Å². The third-order valence-corrected chi connectivity index (χ3v) is 5.44. The van der Waals surface area contributed by atoms with Crippen LogP contribution in [0.1, 0.15) is 36.0 Å². The van der Waals surface area contributed by atoms with Crippen molar-refractivity contribution in [3.63, 3.8) is 0 Å². The molecule has 0 aliphatic carbocycles. The highest BCUT2D eigenvalue weighted by atomic mass is 35.5. The summed E-state index contributed by atoms with van der Waals surface area (Å²) >= 11 is 0. The number of hydrogen-bond donors (Lipinski definition) is 2. The van der Waals surface area contributed by atoms with E-state index >= 15 is 0 Å². The monoisotopic (exact) mass is 420 g/mol. The van der Waals surface area contributed by atoms with E-state index in [9.17, 15) is 4.79 Å². The molecule has 0 bridgehead atoms. The number of benzene rings is 1. The molecule has 2 aromatic rings. The molecule has 1 aromatic heterocycles. The maximum absolute atomic E-state index is 13.1. The average Bonchev–Trinajstić information content (AvgIpc) is 3.21. The third kappa shape index (κ3) is 5.29. The molecule has 2 saturated heterocycles. The molecular weight excluding hydrogens is 392 g/mol. The number of nitrogens with one attached hydrogen (secondary N) is 2. The van der Waals surface area contributed by atoms with Crippen LogP contribution >= 0.6 is 12.4 Å². The van der Waals surface area contributed by atoms with Gasteiger partial charge in [-0.15, -0.1) is 12.4 Å². The highest BCUT2D eigenvalue weighted by Crippen LogP contribution is 2.31. The van der Waals surface area contributed by atoms with E-state index in [4.69, 9.17) is 9.26 Å². The SMILES string of the molecule is Cl.O=C(NCCC1CCCCN1)c1c(N2CCOCC2)noc1-c1ccccc1. The summed E-state index contributed by atoms with van der Waals surface area (Å²) in [5.74, 6) is 1.00. The number of piperidine rings is 1. The topological polar surface area (TPSA) is 79.6 Å². The van der Waals surface area contributed by atoms with Crippen molar-refractivity contribution in [3.05, 3.63) is 35.9 Å². The maximum Gasteiger partial charge on any atom is 0.259 e. The predicted molar refractivity (Wildman–Crippen MR) is 115 cm³/mol. The van der Waals surface area contributed by atoms with Crippen LogP contribution in [-0.4, -0.2) is 56.5 Å². The molecule has 0 saturated carbocycles. The zero-order valence-corrected chi connectivity index (χ0v) is 17.4. The molecule has 1 amide bonds. The fraction of sp³-hybridized carbons (Fsp3) is 0.524. The van der Waals surface area contributed by atoms with Crippen LogP contribution < -0.4 is 15.5 Å². The lowest BCUT2D eigenvalue weighted by Gasteiger charge is -2.27. The molecular formula is C21H29ClN4O3. The lowest BCUT2D eigenvalue weighted by molar-refractivity contribution is 0.0950. The van der Waals surface area contributed by atoms with Gasteiger partial charge in [-0.3, -0.25) is 4.79 Å².